The second kappa shape index (κ2) is 3.97. The fourth-order valence-electron chi connectivity index (χ4n) is 1.10. The van der Waals surface area contributed by atoms with E-state index in [1.807, 2.05) is 0 Å². The SMILES string of the molecule is NCc1ccc(=O)n(-c2ncccn2)n1. The van der Waals surface area contributed by atoms with E-state index in [4.69, 9.17) is 5.73 Å². The van der Waals surface area contributed by atoms with E-state index in [-0.39, 0.29) is 18.1 Å². The molecule has 6 nitrogen and oxygen atoms in total. The van der Waals surface area contributed by atoms with Crippen LogP contribution in [0.3, 0.4) is 0 Å². The van der Waals surface area contributed by atoms with Crippen LogP contribution in [0.5, 0.6) is 0 Å². The van der Waals surface area contributed by atoms with Crippen molar-refractivity contribution >= 4 is 0 Å². The molecule has 0 spiro atoms. The maximum Gasteiger partial charge on any atom is 0.274 e. The fraction of sp³-hybridized carbons (Fsp3) is 0.111. The van der Waals surface area contributed by atoms with Crippen LogP contribution in [0, 0.1) is 0 Å². The van der Waals surface area contributed by atoms with Crippen LogP contribution < -0.4 is 11.3 Å². The van der Waals surface area contributed by atoms with E-state index in [0.717, 1.165) is 4.68 Å². The van der Waals surface area contributed by atoms with Crippen molar-refractivity contribution in [2.24, 2.45) is 5.73 Å². The van der Waals surface area contributed by atoms with Crippen LogP contribution in [0.2, 0.25) is 0 Å². The van der Waals surface area contributed by atoms with E-state index >= 15 is 0 Å². The first-order valence-corrected chi connectivity index (χ1v) is 4.38. The molecule has 0 aliphatic carbocycles. The van der Waals surface area contributed by atoms with Crippen LogP contribution in [0.4, 0.5) is 0 Å². The van der Waals surface area contributed by atoms with Gasteiger partial charge >= 0.3 is 0 Å². The Bertz CT molecular complexity index is 507. The molecule has 0 aliphatic rings. The van der Waals surface area contributed by atoms with E-state index < -0.39 is 0 Å². The molecule has 0 unspecified atom stereocenters. The third kappa shape index (κ3) is 1.89. The molecule has 0 saturated carbocycles. The van der Waals surface area contributed by atoms with E-state index in [2.05, 4.69) is 15.1 Å². The van der Waals surface area contributed by atoms with Gasteiger partial charge in [0.1, 0.15) is 0 Å². The summed E-state index contributed by atoms with van der Waals surface area (Å²) in [5.74, 6) is 0.248. The molecule has 2 aromatic rings. The van der Waals surface area contributed by atoms with Gasteiger partial charge in [0.15, 0.2) is 0 Å². The van der Waals surface area contributed by atoms with Crippen molar-refractivity contribution in [3.63, 3.8) is 0 Å². The lowest BCUT2D eigenvalue weighted by Crippen LogP contribution is -2.23. The maximum atomic E-state index is 11.5. The molecule has 0 atom stereocenters. The van der Waals surface area contributed by atoms with Crippen LogP contribution in [-0.2, 0) is 6.54 Å². The Morgan fingerprint density at radius 3 is 2.67 bits per heavy atom. The van der Waals surface area contributed by atoms with Gasteiger partial charge in [-0.3, -0.25) is 4.79 Å². The topological polar surface area (TPSA) is 86.7 Å². The summed E-state index contributed by atoms with van der Waals surface area (Å²) in [7, 11) is 0. The molecule has 2 rings (SSSR count). The number of hydrogen-bond acceptors (Lipinski definition) is 5. The van der Waals surface area contributed by atoms with Crippen LogP contribution in [0.25, 0.3) is 5.95 Å². The van der Waals surface area contributed by atoms with Gasteiger partial charge in [0, 0.05) is 25.0 Å². The molecule has 6 heteroatoms. The van der Waals surface area contributed by atoms with Gasteiger partial charge in [-0.1, -0.05) is 0 Å². The second-order valence-electron chi connectivity index (χ2n) is 2.83. The Labute approximate surface area is 85.4 Å². The minimum absolute atomic E-state index is 0.248. The van der Waals surface area contributed by atoms with Gasteiger partial charge in [-0.15, -0.1) is 0 Å². The molecular formula is C9H9N5O. The molecule has 0 fully saturated rings. The van der Waals surface area contributed by atoms with Gasteiger partial charge in [-0.05, 0) is 12.1 Å². The molecule has 0 amide bonds. The zero-order valence-electron chi connectivity index (χ0n) is 7.87. The standard InChI is InChI=1S/C9H9N5O/c10-6-7-2-3-8(15)14(13-7)9-11-4-1-5-12-9/h1-5H,6,10H2. The molecule has 2 aromatic heterocycles. The summed E-state index contributed by atoms with van der Waals surface area (Å²) in [5, 5.41) is 4.02. The lowest BCUT2D eigenvalue weighted by atomic mass is 10.4. The molecule has 0 saturated heterocycles. The number of aromatic nitrogens is 4. The average Bonchev–Trinajstić information content (AvgIpc) is 2.31. The zero-order valence-corrected chi connectivity index (χ0v) is 7.87. The van der Waals surface area contributed by atoms with Crippen molar-refractivity contribution in [1.82, 2.24) is 19.7 Å². The highest BCUT2D eigenvalue weighted by Crippen LogP contribution is 1.94. The first-order valence-electron chi connectivity index (χ1n) is 4.38. The Morgan fingerprint density at radius 2 is 2.00 bits per heavy atom. The molecule has 0 aliphatic heterocycles. The molecule has 0 radical (unpaired) electrons. The molecule has 0 aromatic carbocycles. The summed E-state index contributed by atoms with van der Waals surface area (Å²) < 4.78 is 1.13. The third-order valence-corrected chi connectivity index (χ3v) is 1.81. The van der Waals surface area contributed by atoms with Crippen molar-refractivity contribution in [1.29, 1.82) is 0 Å². The number of hydrogen-bond donors (Lipinski definition) is 1. The highest BCUT2D eigenvalue weighted by atomic mass is 16.1. The Kier molecular flexibility index (Phi) is 2.51. The second-order valence-corrected chi connectivity index (χ2v) is 2.83. The highest BCUT2D eigenvalue weighted by molar-refractivity contribution is 5.10. The van der Waals surface area contributed by atoms with Gasteiger partial charge in [0.2, 0.25) is 0 Å². The summed E-state index contributed by atoms with van der Waals surface area (Å²) >= 11 is 0. The van der Waals surface area contributed by atoms with Crippen molar-refractivity contribution in [2.75, 3.05) is 0 Å². The van der Waals surface area contributed by atoms with E-state index in [0.29, 0.717) is 5.69 Å². The zero-order chi connectivity index (χ0) is 10.7. The Morgan fingerprint density at radius 1 is 1.27 bits per heavy atom. The van der Waals surface area contributed by atoms with Crippen LogP contribution in [-0.4, -0.2) is 19.7 Å². The molecule has 2 heterocycles. The van der Waals surface area contributed by atoms with E-state index in [1.54, 1.807) is 24.5 Å². The Balaban J connectivity index is 2.57. The predicted molar refractivity (Wildman–Crippen MR) is 53.3 cm³/mol. The molecule has 15 heavy (non-hydrogen) atoms. The Hall–Kier alpha value is -2.08. The van der Waals surface area contributed by atoms with Gasteiger partial charge in [-0.25, -0.2) is 9.97 Å². The van der Waals surface area contributed by atoms with Gasteiger partial charge in [-0.2, -0.15) is 9.78 Å². The van der Waals surface area contributed by atoms with Gasteiger partial charge < -0.3 is 5.73 Å². The third-order valence-electron chi connectivity index (χ3n) is 1.81. The number of nitrogens with zero attached hydrogens (tertiary/aromatic N) is 4. The van der Waals surface area contributed by atoms with Gasteiger partial charge in [0.05, 0.1) is 5.69 Å². The fourth-order valence-corrected chi connectivity index (χ4v) is 1.10. The van der Waals surface area contributed by atoms with E-state index in [1.165, 1.54) is 6.07 Å². The first-order chi connectivity index (χ1) is 7.31. The van der Waals surface area contributed by atoms with Crippen molar-refractivity contribution in [3.05, 3.63) is 46.6 Å². The molecule has 2 N–H and O–H groups in total. The summed E-state index contributed by atoms with van der Waals surface area (Å²) in [6.07, 6.45) is 3.09. The largest absolute Gasteiger partial charge is 0.325 e. The minimum atomic E-state index is -0.279. The summed E-state index contributed by atoms with van der Waals surface area (Å²) in [5.41, 5.74) is 5.76. The van der Waals surface area contributed by atoms with Crippen molar-refractivity contribution < 1.29 is 0 Å². The van der Waals surface area contributed by atoms with Crippen molar-refractivity contribution in [3.8, 4) is 5.95 Å². The lowest BCUT2D eigenvalue weighted by Gasteiger charge is -2.02. The summed E-state index contributed by atoms with van der Waals surface area (Å²) in [4.78, 5) is 19.3. The summed E-state index contributed by atoms with van der Waals surface area (Å²) in [6.45, 7) is 0.271. The van der Waals surface area contributed by atoms with Gasteiger partial charge in [0.25, 0.3) is 11.5 Å². The van der Waals surface area contributed by atoms with Crippen LogP contribution in [0.1, 0.15) is 5.69 Å². The lowest BCUT2D eigenvalue weighted by molar-refractivity contribution is 0.719. The molecule has 76 valence electrons. The molecule has 0 bridgehead atoms. The number of nitrogens with two attached hydrogens (primary N) is 1. The maximum absolute atomic E-state index is 11.5. The smallest absolute Gasteiger partial charge is 0.274 e. The van der Waals surface area contributed by atoms with E-state index in [9.17, 15) is 4.79 Å². The number of rotatable bonds is 2. The van der Waals surface area contributed by atoms with Crippen LogP contribution >= 0.6 is 0 Å². The quantitative estimate of drug-likeness (QED) is 0.709. The minimum Gasteiger partial charge on any atom is -0.325 e. The van der Waals surface area contributed by atoms with Crippen LogP contribution in [0.15, 0.2) is 35.4 Å². The van der Waals surface area contributed by atoms with Crippen molar-refractivity contribution in [2.45, 2.75) is 6.54 Å². The molecular weight excluding hydrogens is 194 g/mol. The predicted octanol–water partition coefficient (Wildman–Crippen LogP) is -0.519. The monoisotopic (exact) mass is 203 g/mol. The average molecular weight is 203 g/mol. The normalized spacial score (nSPS) is 10.2. The first kappa shape index (κ1) is 9.47. The summed E-state index contributed by atoms with van der Waals surface area (Å²) in [6, 6.07) is 4.65. The highest BCUT2D eigenvalue weighted by Gasteiger charge is 2.03.